The second-order valence-corrected chi connectivity index (χ2v) is 9.52. The van der Waals surface area contributed by atoms with Crippen molar-refractivity contribution >= 4 is 19.0 Å². The monoisotopic (exact) mass is 376 g/mol. The smallest absolute Gasteiger partial charge is 0.399 e. The Hall–Kier alpha value is -1.44. The van der Waals surface area contributed by atoms with Crippen molar-refractivity contribution in [2.75, 3.05) is 0 Å². The first-order chi connectivity index (χ1) is 12.3. The molecule has 27 heavy (non-hydrogen) atoms. The number of nitrogens with zero attached hydrogens (tertiary/aromatic N) is 2. The van der Waals surface area contributed by atoms with Crippen molar-refractivity contribution in [2.24, 2.45) is 10.4 Å². The Morgan fingerprint density at radius 3 is 2.30 bits per heavy atom. The summed E-state index contributed by atoms with van der Waals surface area (Å²) >= 11 is 0. The van der Waals surface area contributed by atoms with Crippen molar-refractivity contribution in [1.29, 1.82) is 0 Å². The molecular weight excluding hydrogens is 346 g/mol. The molecular formula is C20H30BFN2O3. The highest BCUT2D eigenvalue weighted by atomic mass is 19.1. The van der Waals surface area contributed by atoms with Crippen LogP contribution in [0.5, 0.6) is 0 Å². The summed E-state index contributed by atoms with van der Waals surface area (Å²) in [6.07, 6.45) is 1.35. The normalized spacial score (nSPS) is 24.5. The summed E-state index contributed by atoms with van der Waals surface area (Å²) in [6.45, 7) is 16.4. The maximum absolute atomic E-state index is 15.2. The summed E-state index contributed by atoms with van der Waals surface area (Å²) in [5.41, 5.74) is 0.773. The molecule has 1 unspecified atom stereocenters. The van der Waals surface area contributed by atoms with Gasteiger partial charge in [0.1, 0.15) is 12.0 Å². The Morgan fingerprint density at radius 2 is 1.74 bits per heavy atom. The highest BCUT2D eigenvalue weighted by Gasteiger charge is 2.52. The third kappa shape index (κ3) is 3.65. The van der Waals surface area contributed by atoms with E-state index in [4.69, 9.17) is 14.1 Å². The number of halogens is 1. The van der Waals surface area contributed by atoms with Gasteiger partial charge in [0, 0.05) is 10.9 Å². The Bertz CT molecular complexity index is 742. The Balaban J connectivity index is 1.83. The molecule has 0 amide bonds. The largest absolute Gasteiger partial charge is 0.497 e. The summed E-state index contributed by atoms with van der Waals surface area (Å²) in [7, 11) is -0.712. The van der Waals surface area contributed by atoms with Crippen molar-refractivity contribution in [1.82, 2.24) is 5.06 Å². The van der Waals surface area contributed by atoms with E-state index in [0.29, 0.717) is 17.6 Å². The lowest BCUT2D eigenvalue weighted by molar-refractivity contribution is -0.115. The molecule has 2 heterocycles. The van der Waals surface area contributed by atoms with Crippen molar-refractivity contribution in [3.63, 3.8) is 0 Å². The van der Waals surface area contributed by atoms with Gasteiger partial charge in [-0.15, -0.1) is 5.06 Å². The number of hydrogen-bond donors (Lipinski definition) is 0. The van der Waals surface area contributed by atoms with Crippen LogP contribution in [0.1, 0.15) is 59.6 Å². The third-order valence-electron chi connectivity index (χ3n) is 5.79. The van der Waals surface area contributed by atoms with Crippen molar-refractivity contribution in [3.8, 4) is 0 Å². The molecule has 2 aliphatic rings. The summed E-state index contributed by atoms with van der Waals surface area (Å²) < 4.78 is 27.2. The van der Waals surface area contributed by atoms with Crippen LogP contribution in [0.15, 0.2) is 17.1 Å². The van der Waals surface area contributed by atoms with Gasteiger partial charge in [0.25, 0.3) is 0 Å². The highest BCUT2D eigenvalue weighted by molar-refractivity contribution is 6.62. The van der Waals surface area contributed by atoms with Gasteiger partial charge in [-0.2, -0.15) is 0 Å². The molecule has 1 atom stereocenters. The zero-order valence-electron chi connectivity index (χ0n) is 17.6. The minimum absolute atomic E-state index is 0.0813. The van der Waals surface area contributed by atoms with E-state index >= 15 is 4.39 Å². The van der Waals surface area contributed by atoms with Crippen LogP contribution in [0.25, 0.3) is 0 Å². The lowest BCUT2D eigenvalue weighted by atomic mass is 9.77. The molecule has 1 aromatic rings. The van der Waals surface area contributed by atoms with Crippen LogP contribution in [-0.2, 0) is 20.7 Å². The molecule has 7 heteroatoms. The van der Waals surface area contributed by atoms with Crippen LogP contribution in [-0.4, -0.2) is 36.0 Å². The SMILES string of the molecule is Cc1c(CN2OC=NC2C(C)(C)C)ccc(B2OC(C)(C)C(C)(C)O2)c1F. The zero-order valence-corrected chi connectivity index (χ0v) is 17.6. The van der Waals surface area contributed by atoms with E-state index in [0.717, 1.165) is 5.56 Å². The lowest BCUT2D eigenvalue weighted by Gasteiger charge is -2.32. The molecule has 0 N–H and O–H groups in total. The van der Waals surface area contributed by atoms with Crippen molar-refractivity contribution in [3.05, 3.63) is 29.1 Å². The average Bonchev–Trinajstić information content (AvgIpc) is 3.06. The Morgan fingerprint density at radius 1 is 1.15 bits per heavy atom. The van der Waals surface area contributed by atoms with Gasteiger partial charge in [0.15, 0.2) is 6.40 Å². The standard InChI is InChI=1S/C20H30BFN2O3/c1-13-14(11-24-17(18(2,3)4)23-12-25-24)9-10-15(16(13)22)21-26-19(5,6)20(7,8)27-21/h9-10,12,17H,11H2,1-8H3. The molecule has 0 bridgehead atoms. The fourth-order valence-corrected chi connectivity index (χ4v) is 3.29. The molecule has 5 nitrogen and oxygen atoms in total. The quantitative estimate of drug-likeness (QED) is 0.757. The minimum atomic E-state index is -0.712. The first-order valence-electron chi connectivity index (χ1n) is 9.42. The highest BCUT2D eigenvalue weighted by Crippen LogP contribution is 2.37. The second-order valence-electron chi connectivity index (χ2n) is 9.52. The first-order valence-corrected chi connectivity index (χ1v) is 9.42. The fraction of sp³-hybridized carbons (Fsp3) is 0.650. The van der Waals surface area contributed by atoms with Gasteiger partial charge < -0.3 is 14.1 Å². The van der Waals surface area contributed by atoms with E-state index in [9.17, 15) is 0 Å². The van der Waals surface area contributed by atoms with E-state index in [1.165, 1.54) is 6.40 Å². The fourth-order valence-electron chi connectivity index (χ4n) is 3.29. The van der Waals surface area contributed by atoms with Crippen molar-refractivity contribution in [2.45, 2.75) is 79.3 Å². The first kappa shape index (κ1) is 20.3. The van der Waals surface area contributed by atoms with Crippen LogP contribution in [0.2, 0.25) is 0 Å². The van der Waals surface area contributed by atoms with Gasteiger partial charge in [0.05, 0.1) is 17.7 Å². The lowest BCUT2D eigenvalue weighted by Crippen LogP contribution is -2.41. The third-order valence-corrected chi connectivity index (χ3v) is 5.79. The van der Waals surface area contributed by atoms with Gasteiger partial charge in [-0.05, 0) is 45.7 Å². The van der Waals surface area contributed by atoms with E-state index in [1.807, 2.05) is 33.8 Å². The molecule has 3 rings (SSSR count). The number of rotatable bonds is 3. The topological polar surface area (TPSA) is 43.3 Å². The van der Waals surface area contributed by atoms with E-state index in [-0.39, 0.29) is 17.4 Å². The second kappa shape index (κ2) is 6.57. The van der Waals surface area contributed by atoms with E-state index < -0.39 is 18.3 Å². The van der Waals surface area contributed by atoms with Gasteiger partial charge in [-0.25, -0.2) is 9.38 Å². The van der Waals surface area contributed by atoms with Crippen LogP contribution in [0.3, 0.4) is 0 Å². The molecule has 1 fully saturated rings. The number of aliphatic imine (C=N–C) groups is 1. The number of hydroxylamine groups is 2. The molecule has 0 spiro atoms. The van der Waals surface area contributed by atoms with Crippen LogP contribution < -0.4 is 5.46 Å². The molecule has 0 aromatic heterocycles. The predicted octanol–water partition coefficient (Wildman–Crippen LogP) is 3.58. The molecule has 2 aliphatic heterocycles. The summed E-state index contributed by atoms with van der Waals surface area (Å²) in [5, 5.41) is 1.79. The summed E-state index contributed by atoms with van der Waals surface area (Å²) in [4.78, 5) is 9.94. The molecule has 1 aromatic carbocycles. The molecule has 0 radical (unpaired) electrons. The molecule has 0 aliphatic carbocycles. The van der Waals surface area contributed by atoms with Crippen molar-refractivity contribution < 1.29 is 18.5 Å². The maximum Gasteiger partial charge on any atom is 0.497 e. The number of benzene rings is 1. The Labute approximate surface area is 162 Å². The maximum atomic E-state index is 15.2. The average molecular weight is 376 g/mol. The molecule has 148 valence electrons. The van der Waals surface area contributed by atoms with Gasteiger partial charge in [-0.3, -0.25) is 0 Å². The molecule has 1 saturated heterocycles. The van der Waals surface area contributed by atoms with Gasteiger partial charge in [-0.1, -0.05) is 32.9 Å². The van der Waals surface area contributed by atoms with E-state index in [1.54, 1.807) is 18.1 Å². The zero-order chi connectivity index (χ0) is 20.2. The van der Waals surface area contributed by atoms with Crippen LogP contribution in [0.4, 0.5) is 4.39 Å². The Kier molecular flexibility index (Phi) is 4.94. The minimum Gasteiger partial charge on any atom is -0.399 e. The molecule has 0 saturated carbocycles. The van der Waals surface area contributed by atoms with Crippen LogP contribution in [0, 0.1) is 18.2 Å². The summed E-state index contributed by atoms with van der Waals surface area (Å²) in [6, 6.07) is 3.67. The number of hydrogen-bond acceptors (Lipinski definition) is 5. The predicted molar refractivity (Wildman–Crippen MR) is 105 cm³/mol. The van der Waals surface area contributed by atoms with Gasteiger partial charge in [0.2, 0.25) is 0 Å². The van der Waals surface area contributed by atoms with E-state index in [2.05, 4.69) is 25.8 Å². The van der Waals surface area contributed by atoms with Crippen LogP contribution >= 0.6 is 0 Å². The summed E-state index contributed by atoms with van der Waals surface area (Å²) in [5.74, 6) is -0.293. The van der Waals surface area contributed by atoms with Gasteiger partial charge >= 0.3 is 7.12 Å².